The maximum Gasteiger partial charge on any atom is 0.275 e. The lowest BCUT2D eigenvalue weighted by Gasteiger charge is -2.09. The van der Waals surface area contributed by atoms with Crippen LogP contribution in [0.3, 0.4) is 0 Å². The molecule has 0 spiro atoms. The normalized spacial score (nSPS) is 10.9. The molecular weight excluding hydrogens is 244 g/mol. The molecule has 1 aromatic heterocycles. The fourth-order valence-corrected chi connectivity index (χ4v) is 1.78. The molecule has 1 aromatic carbocycles. The van der Waals surface area contributed by atoms with Gasteiger partial charge >= 0.3 is 0 Å². The standard InChI is InChI=1S/C14H16N2O3/c1-9(2)10-3-5-11(6-4-10)16-14(19)7-13(18)12(8-17)15-16/h3-7,9,17-18H,8H2,1-2H3. The molecule has 2 N–H and O–H groups in total. The van der Waals surface area contributed by atoms with Crippen LogP contribution in [0.5, 0.6) is 5.75 Å². The van der Waals surface area contributed by atoms with E-state index in [1.807, 2.05) is 12.1 Å². The van der Waals surface area contributed by atoms with Crippen molar-refractivity contribution < 1.29 is 10.2 Å². The molecule has 0 saturated carbocycles. The van der Waals surface area contributed by atoms with Crippen molar-refractivity contribution in [2.24, 2.45) is 0 Å². The van der Waals surface area contributed by atoms with Gasteiger partial charge in [-0.05, 0) is 23.6 Å². The van der Waals surface area contributed by atoms with Crippen molar-refractivity contribution in [3.63, 3.8) is 0 Å². The third-order valence-corrected chi connectivity index (χ3v) is 2.94. The number of aliphatic hydroxyl groups excluding tert-OH is 1. The van der Waals surface area contributed by atoms with E-state index in [2.05, 4.69) is 18.9 Å². The maximum absolute atomic E-state index is 11.8. The van der Waals surface area contributed by atoms with Crippen LogP contribution in [0, 0.1) is 0 Å². The summed E-state index contributed by atoms with van der Waals surface area (Å²) in [5.41, 5.74) is 1.40. The zero-order valence-electron chi connectivity index (χ0n) is 10.9. The van der Waals surface area contributed by atoms with Crippen molar-refractivity contribution in [1.82, 2.24) is 9.78 Å². The first-order chi connectivity index (χ1) is 9.02. The summed E-state index contributed by atoms with van der Waals surface area (Å²) in [5, 5.41) is 22.4. The molecule has 2 rings (SSSR count). The van der Waals surface area contributed by atoms with Gasteiger partial charge in [0.15, 0.2) is 0 Å². The van der Waals surface area contributed by atoms with Crippen LogP contribution in [0.2, 0.25) is 0 Å². The fourth-order valence-electron chi connectivity index (χ4n) is 1.78. The van der Waals surface area contributed by atoms with E-state index in [1.54, 1.807) is 12.1 Å². The molecule has 1 heterocycles. The average molecular weight is 260 g/mol. The van der Waals surface area contributed by atoms with Gasteiger partial charge in [0.05, 0.1) is 12.3 Å². The van der Waals surface area contributed by atoms with Gasteiger partial charge in [-0.15, -0.1) is 0 Å². The average Bonchev–Trinajstić information content (AvgIpc) is 2.39. The predicted molar refractivity (Wildman–Crippen MR) is 71.5 cm³/mol. The summed E-state index contributed by atoms with van der Waals surface area (Å²) in [7, 11) is 0. The van der Waals surface area contributed by atoms with Gasteiger partial charge in [-0.1, -0.05) is 26.0 Å². The lowest BCUT2D eigenvalue weighted by molar-refractivity contribution is 0.266. The largest absolute Gasteiger partial charge is 0.506 e. The Morgan fingerprint density at radius 3 is 2.42 bits per heavy atom. The van der Waals surface area contributed by atoms with Crippen LogP contribution in [0.1, 0.15) is 31.0 Å². The van der Waals surface area contributed by atoms with Crippen molar-refractivity contribution in [3.8, 4) is 11.4 Å². The molecule has 0 aliphatic heterocycles. The Morgan fingerprint density at radius 1 is 1.26 bits per heavy atom. The Bertz CT molecular complexity index is 630. The molecule has 0 bridgehead atoms. The van der Waals surface area contributed by atoms with Crippen LogP contribution in [-0.4, -0.2) is 20.0 Å². The molecule has 2 aromatic rings. The van der Waals surface area contributed by atoms with Crippen molar-refractivity contribution in [2.75, 3.05) is 0 Å². The zero-order valence-corrected chi connectivity index (χ0v) is 10.9. The van der Waals surface area contributed by atoms with E-state index >= 15 is 0 Å². The molecule has 5 heteroatoms. The number of nitrogens with zero attached hydrogens (tertiary/aromatic N) is 2. The highest BCUT2D eigenvalue weighted by Crippen LogP contribution is 2.17. The van der Waals surface area contributed by atoms with Crippen LogP contribution in [-0.2, 0) is 6.61 Å². The minimum Gasteiger partial charge on any atom is -0.506 e. The molecule has 0 radical (unpaired) electrons. The quantitative estimate of drug-likeness (QED) is 0.878. The molecule has 19 heavy (non-hydrogen) atoms. The fraction of sp³-hybridized carbons (Fsp3) is 0.286. The lowest BCUT2D eigenvalue weighted by atomic mass is 10.0. The summed E-state index contributed by atoms with van der Waals surface area (Å²) in [5.74, 6) is 0.120. The number of aliphatic hydroxyl groups is 1. The smallest absolute Gasteiger partial charge is 0.275 e. The van der Waals surface area contributed by atoms with E-state index < -0.39 is 12.2 Å². The van der Waals surface area contributed by atoms with E-state index in [1.165, 1.54) is 0 Å². The highest BCUT2D eigenvalue weighted by Gasteiger charge is 2.08. The van der Waals surface area contributed by atoms with Crippen molar-refractivity contribution in [3.05, 3.63) is 51.9 Å². The Balaban J connectivity index is 2.49. The van der Waals surface area contributed by atoms with Gasteiger partial charge in [-0.25, -0.2) is 0 Å². The summed E-state index contributed by atoms with van der Waals surface area (Å²) in [6.45, 7) is 3.75. The molecule has 0 unspecified atom stereocenters. The van der Waals surface area contributed by atoms with Gasteiger partial charge in [0.25, 0.3) is 5.56 Å². The summed E-state index contributed by atoms with van der Waals surface area (Å²) >= 11 is 0. The summed E-state index contributed by atoms with van der Waals surface area (Å²) < 4.78 is 1.16. The number of benzene rings is 1. The summed E-state index contributed by atoms with van der Waals surface area (Å²) in [6, 6.07) is 8.50. The minimum absolute atomic E-state index is 0.0764. The number of hydrogen-bond acceptors (Lipinski definition) is 4. The van der Waals surface area contributed by atoms with Gasteiger partial charge in [0.1, 0.15) is 11.4 Å². The lowest BCUT2D eigenvalue weighted by Crippen LogP contribution is -2.21. The molecular formula is C14H16N2O3. The second-order valence-electron chi connectivity index (χ2n) is 4.63. The Hall–Kier alpha value is -2.14. The van der Waals surface area contributed by atoms with Crippen LogP contribution in [0.25, 0.3) is 5.69 Å². The number of hydrogen-bond donors (Lipinski definition) is 2. The Labute approximate surface area is 110 Å². The highest BCUT2D eigenvalue weighted by molar-refractivity contribution is 5.36. The molecule has 0 aliphatic rings. The molecule has 0 amide bonds. The van der Waals surface area contributed by atoms with Gasteiger partial charge in [0, 0.05) is 6.07 Å². The van der Waals surface area contributed by atoms with E-state index in [4.69, 9.17) is 5.11 Å². The molecule has 100 valence electrons. The third-order valence-electron chi connectivity index (χ3n) is 2.94. The van der Waals surface area contributed by atoms with Gasteiger partial charge in [-0.3, -0.25) is 4.79 Å². The first kappa shape index (κ1) is 13.3. The van der Waals surface area contributed by atoms with Crippen LogP contribution in [0.15, 0.2) is 35.1 Å². The zero-order chi connectivity index (χ0) is 14.0. The first-order valence-corrected chi connectivity index (χ1v) is 6.06. The van der Waals surface area contributed by atoms with Gasteiger partial charge in [0.2, 0.25) is 0 Å². The van der Waals surface area contributed by atoms with Gasteiger partial charge < -0.3 is 10.2 Å². The highest BCUT2D eigenvalue weighted by atomic mass is 16.3. The minimum atomic E-state index is -0.438. The van der Waals surface area contributed by atoms with Crippen LogP contribution >= 0.6 is 0 Å². The van der Waals surface area contributed by atoms with E-state index in [0.717, 1.165) is 16.3 Å². The van der Waals surface area contributed by atoms with Crippen molar-refractivity contribution in [2.45, 2.75) is 26.4 Å². The monoisotopic (exact) mass is 260 g/mol. The molecule has 0 saturated heterocycles. The predicted octanol–water partition coefficient (Wildman–Crippen LogP) is 1.55. The van der Waals surface area contributed by atoms with Crippen LogP contribution < -0.4 is 5.56 Å². The maximum atomic E-state index is 11.8. The molecule has 5 nitrogen and oxygen atoms in total. The van der Waals surface area contributed by atoms with Crippen LogP contribution in [0.4, 0.5) is 0 Å². The van der Waals surface area contributed by atoms with Crippen molar-refractivity contribution >= 4 is 0 Å². The van der Waals surface area contributed by atoms with E-state index in [0.29, 0.717) is 11.6 Å². The Kier molecular flexibility index (Phi) is 3.66. The SMILES string of the molecule is CC(C)c1ccc(-n2nc(CO)c(O)cc2=O)cc1. The van der Waals surface area contributed by atoms with E-state index in [9.17, 15) is 9.90 Å². The topological polar surface area (TPSA) is 75.3 Å². The second kappa shape index (κ2) is 5.24. The van der Waals surface area contributed by atoms with Gasteiger partial charge in [-0.2, -0.15) is 9.78 Å². The third kappa shape index (κ3) is 2.66. The molecule has 0 fully saturated rings. The van der Waals surface area contributed by atoms with E-state index in [-0.39, 0.29) is 11.4 Å². The van der Waals surface area contributed by atoms with Crippen molar-refractivity contribution in [1.29, 1.82) is 0 Å². The first-order valence-electron chi connectivity index (χ1n) is 6.06. The number of rotatable bonds is 3. The summed E-state index contributed by atoms with van der Waals surface area (Å²) in [4.78, 5) is 11.8. The second-order valence-corrected chi connectivity index (χ2v) is 4.63. The molecule has 0 aliphatic carbocycles. The Morgan fingerprint density at radius 2 is 1.89 bits per heavy atom. The number of aromatic hydroxyl groups is 1. The summed E-state index contributed by atoms with van der Waals surface area (Å²) in [6.07, 6.45) is 0. The molecule has 0 atom stereocenters. The number of aromatic nitrogens is 2.